The first-order valence-electron chi connectivity index (χ1n) is 7.76. The van der Waals surface area contributed by atoms with Crippen LogP contribution in [0.3, 0.4) is 0 Å². The number of halogens is 2. The van der Waals surface area contributed by atoms with Crippen LogP contribution in [0.5, 0.6) is 0 Å². The van der Waals surface area contributed by atoms with Crippen molar-refractivity contribution >= 4 is 10.0 Å². The van der Waals surface area contributed by atoms with Gasteiger partial charge in [0.05, 0.1) is 4.90 Å². The summed E-state index contributed by atoms with van der Waals surface area (Å²) in [5, 5.41) is 0. The normalized spacial score (nSPS) is 23.2. The van der Waals surface area contributed by atoms with Gasteiger partial charge in [0.2, 0.25) is 10.0 Å². The molecule has 1 saturated carbocycles. The van der Waals surface area contributed by atoms with Crippen molar-refractivity contribution in [1.82, 2.24) is 4.72 Å². The molecule has 0 aliphatic heterocycles. The molecular formula is C18H19F2NO2S. The highest BCUT2D eigenvalue weighted by molar-refractivity contribution is 7.89. The van der Waals surface area contributed by atoms with E-state index in [2.05, 4.69) is 4.72 Å². The van der Waals surface area contributed by atoms with E-state index in [0.29, 0.717) is 12.0 Å². The maximum Gasteiger partial charge on any atom is 0.240 e. The van der Waals surface area contributed by atoms with Gasteiger partial charge in [-0.1, -0.05) is 30.7 Å². The van der Waals surface area contributed by atoms with Gasteiger partial charge in [-0.25, -0.2) is 21.9 Å². The van der Waals surface area contributed by atoms with Crippen LogP contribution in [0.25, 0.3) is 0 Å². The second-order valence-electron chi connectivity index (χ2n) is 6.52. The summed E-state index contributed by atoms with van der Waals surface area (Å²) in [7, 11) is -3.67. The summed E-state index contributed by atoms with van der Waals surface area (Å²) in [5.41, 5.74) is 0.716. The van der Waals surface area contributed by atoms with Crippen LogP contribution in [0.1, 0.15) is 24.5 Å². The van der Waals surface area contributed by atoms with E-state index in [9.17, 15) is 17.2 Å². The maximum absolute atomic E-state index is 14.1. The highest BCUT2D eigenvalue weighted by Gasteiger charge is 2.53. The Kier molecular flexibility index (Phi) is 4.21. The Morgan fingerprint density at radius 2 is 1.79 bits per heavy atom. The standard InChI is InChI=1S/C18H19F2NO2S/c1-12-3-6-15(7-4-12)24(22,23)21-11-18(10-13(18)2)16-8-5-14(19)9-17(16)20/h3-9,13,21H,10-11H2,1-2H3. The van der Waals surface area contributed by atoms with Crippen molar-refractivity contribution in [3.8, 4) is 0 Å². The van der Waals surface area contributed by atoms with Crippen molar-refractivity contribution in [3.05, 3.63) is 65.2 Å². The van der Waals surface area contributed by atoms with E-state index in [1.807, 2.05) is 13.8 Å². The maximum atomic E-state index is 14.1. The summed E-state index contributed by atoms with van der Waals surface area (Å²) in [6.07, 6.45) is 0.659. The lowest BCUT2D eigenvalue weighted by Crippen LogP contribution is -2.33. The van der Waals surface area contributed by atoms with Crippen LogP contribution < -0.4 is 4.72 Å². The zero-order valence-corrected chi connectivity index (χ0v) is 14.3. The molecule has 6 heteroatoms. The van der Waals surface area contributed by atoms with Crippen molar-refractivity contribution in [2.24, 2.45) is 5.92 Å². The lowest BCUT2D eigenvalue weighted by atomic mass is 9.93. The van der Waals surface area contributed by atoms with Crippen molar-refractivity contribution < 1.29 is 17.2 Å². The number of sulfonamides is 1. The van der Waals surface area contributed by atoms with Gasteiger partial charge in [-0.3, -0.25) is 0 Å². The molecule has 0 aromatic heterocycles. The highest BCUT2D eigenvalue weighted by Crippen LogP contribution is 2.54. The molecule has 0 radical (unpaired) electrons. The fourth-order valence-electron chi connectivity index (χ4n) is 3.12. The van der Waals surface area contributed by atoms with Gasteiger partial charge in [0.1, 0.15) is 11.6 Å². The Labute approximate surface area is 140 Å². The van der Waals surface area contributed by atoms with E-state index < -0.39 is 27.1 Å². The van der Waals surface area contributed by atoms with Crippen molar-refractivity contribution in [2.75, 3.05) is 6.54 Å². The van der Waals surface area contributed by atoms with Gasteiger partial charge < -0.3 is 0 Å². The van der Waals surface area contributed by atoms with Crippen LogP contribution in [0.4, 0.5) is 8.78 Å². The Bertz CT molecular complexity index is 865. The van der Waals surface area contributed by atoms with E-state index in [1.165, 1.54) is 12.1 Å². The van der Waals surface area contributed by atoms with Gasteiger partial charge in [0.15, 0.2) is 0 Å². The summed E-state index contributed by atoms with van der Waals surface area (Å²) in [6.45, 7) is 3.90. The number of nitrogens with one attached hydrogen (secondary N) is 1. The first-order chi connectivity index (χ1) is 11.2. The number of benzene rings is 2. The van der Waals surface area contributed by atoms with E-state index in [0.717, 1.165) is 11.6 Å². The second kappa shape index (κ2) is 5.93. The highest BCUT2D eigenvalue weighted by atomic mass is 32.2. The average Bonchev–Trinajstić information content (AvgIpc) is 3.17. The van der Waals surface area contributed by atoms with Gasteiger partial charge >= 0.3 is 0 Å². The van der Waals surface area contributed by atoms with E-state index in [1.54, 1.807) is 24.3 Å². The molecule has 3 nitrogen and oxygen atoms in total. The molecule has 24 heavy (non-hydrogen) atoms. The molecule has 0 spiro atoms. The Morgan fingerprint density at radius 3 is 2.33 bits per heavy atom. The first-order valence-corrected chi connectivity index (χ1v) is 9.25. The Morgan fingerprint density at radius 1 is 1.17 bits per heavy atom. The topological polar surface area (TPSA) is 46.2 Å². The number of hydrogen-bond donors (Lipinski definition) is 1. The molecule has 2 aromatic carbocycles. The third-order valence-corrected chi connectivity index (χ3v) is 6.25. The molecule has 3 rings (SSSR count). The molecule has 0 amide bonds. The molecule has 0 heterocycles. The lowest BCUT2D eigenvalue weighted by molar-refractivity contribution is 0.518. The molecule has 2 aromatic rings. The molecule has 128 valence electrons. The minimum Gasteiger partial charge on any atom is -0.210 e. The predicted molar refractivity (Wildman–Crippen MR) is 88.2 cm³/mol. The van der Waals surface area contributed by atoms with Crippen LogP contribution in [0, 0.1) is 24.5 Å². The number of hydrogen-bond acceptors (Lipinski definition) is 2. The average molecular weight is 351 g/mol. The van der Waals surface area contributed by atoms with Crippen LogP contribution in [0.2, 0.25) is 0 Å². The number of aryl methyl sites for hydroxylation is 1. The molecule has 1 aliphatic rings. The molecule has 2 unspecified atom stereocenters. The van der Waals surface area contributed by atoms with Gasteiger partial charge in [0, 0.05) is 18.0 Å². The Balaban J connectivity index is 1.83. The van der Waals surface area contributed by atoms with Gasteiger partial charge in [-0.05, 0) is 43.0 Å². The van der Waals surface area contributed by atoms with Crippen LogP contribution in [-0.4, -0.2) is 15.0 Å². The molecular weight excluding hydrogens is 332 g/mol. The van der Waals surface area contributed by atoms with Crippen LogP contribution in [-0.2, 0) is 15.4 Å². The summed E-state index contributed by atoms with van der Waals surface area (Å²) < 4.78 is 54.7. The van der Waals surface area contributed by atoms with Crippen LogP contribution >= 0.6 is 0 Å². The third kappa shape index (κ3) is 3.08. The largest absolute Gasteiger partial charge is 0.240 e. The third-order valence-electron chi connectivity index (χ3n) is 4.83. The van der Waals surface area contributed by atoms with E-state index in [4.69, 9.17) is 0 Å². The monoisotopic (exact) mass is 351 g/mol. The summed E-state index contributed by atoms with van der Waals surface area (Å²) in [5.74, 6) is -1.15. The SMILES string of the molecule is Cc1ccc(S(=O)(=O)NCC2(c3ccc(F)cc3F)CC2C)cc1. The number of rotatable bonds is 5. The zero-order valence-electron chi connectivity index (χ0n) is 13.5. The molecule has 2 atom stereocenters. The lowest BCUT2D eigenvalue weighted by Gasteiger charge is -2.19. The summed E-state index contributed by atoms with van der Waals surface area (Å²) in [6, 6.07) is 10.00. The van der Waals surface area contributed by atoms with E-state index >= 15 is 0 Å². The first kappa shape index (κ1) is 17.0. The smallest absolute Gasteiger partial charge is 0.210 e. The zero-order chi connectivity index (χ0) is 17.5. The van der Waals surface area contributed by atoms with Crippen LogP contribution in [0.15, 0.2) is 47.4 Å². The van der Waals surface area contributed by atoms with Crippen molar-refractivity contribution in [2.45, 2.75) is 30.6 Å². The predicted octanol–water partition coefficient (Wildman–Crippen LogP) is 3.53. The fraction of sp³-hybridized carbons (Fsp3) is 0.333. The van der Waals surface area contributed by atoms with Gasteiger partial charge in [-0.2, -0.15) is 0 Å². The second-order valence-corrected chi connectivity index (χ2v) is 8.29. The van der Waals surface area contributed by atoms with Gasteiger partial charge in [-0.15, -0.1) is 0 Å². The van der Waals surface area contributed by atoms with Crippen molar-refractivity contribution in [3.63, 3.8) is 0 Å². The minimum absolute atomic E-state index is 0.0902. The molecule has 1 fully saturated rings. The quantitative estimate of drug-likeness (QED) is 0.896. The fourth-order valence-corrected chi connectivity index (χ4v) is 4.23. The molecule has 1 N–H and O–H groups in total. The molecule has 0 bridgehead atoms. The molecule has 0 saturated heterocycles. The van der Waals surface area contributed by atoms with Gasteiger partial charge in [0.25, 0.3) is 0 Å². The Hall–Kier alpha value is -1.79. The van der Waals surface area contributed by atoms with Crippen molar-refractivity contribution in [1.29, 1.82) is 0 Å². The summed E-state index contributed by atoms with van der Waals surface area (Å²) in [4.78, 5) is 0.177. The summed E-state index contributed by atoms with van der Waals surface area (Å²) >= 11 is 0. The minimum atomic E-state index is -3.67. The molecule has 1 aliphatic carbocycles. The van der Waals surface area contributed by atoms with E-state index in [-0.39, 0.29) is 17.4 Å².